The van der Waals surface area contributed by atoms with Crippen LogP contribution in [-0.4, -0.2) is 26.3 Å². The number of hydrogen-bond acceptors (Lipinski definition) is 5. The van der Waals surface area contributed by atoms with Gasteiger partial charge in [0.05, 0.1) is 32.6 Å². The molecule has 6 heteroatoms. The van der Waals surface area contributed by atoms with Gasteiger partial charge < -0.3 is 14.2 Å². The highest BCUT2D eigenvalue weighted by molar-refractivity contribution is 9.11. The lowest BCUT2D eigenvalue weighted by Gasteiger charge is -2.13. The first-order valence-corrected chi connectivity index (χ1v) is 6.78. The summed E-state index contributed by atoms with van der Waals surface area (Å²) in [6, 6.07) is 3.62. The van der Waals surface area contributed by atoms with E-state index in [9.17, 15) is 0 Å². The van der Waals surface area contributed by atoms with Crippen LogP contribution < -0.4 is 14.2 Å². The molecule has 0 atom stereocenters. The van der Waals surface area contributed by atoms with Crippen LogP contribution in [0.5, 0.6) is 17.2 Å². The van der Waals surface area contributed by atoms with E-state index in [1.807, 2.05) is 17.5 Å². The number of nitrogens with zero attached hydrogens (tertiary/aromatic N) is 1. The van der Waals surface area contributed by atoms with E-state index in [4.69, 9.17) is 14.2 Å². The van der Waals surface area contributed by atoms with Crippen LogP contribution in [0.25, 0.3) is 11.3 Å². The Morgan fingerprint density at radius 3 is 2.06 bits per heavy atom. The fourth-order valence-electron chi connectivity index (χ4n) is 1.62. The van der Waals surface area contributed by atoms with E-state index in [2.05, 4.69) is 20.9 Å². The van der Waals surface area contributed by atoms with Gasteiger partial charge in [0.25, 0.3) is 0 Å². The zero-order chi connectivity index (χ0) is 13.1. The van der Waals surface area contributed by atoms with Crippen molar-refractivity contribution < 1.29 is 14.2 Å². The smallest absolute Gasteiger partial charge is 0.159 e. The summed E-state index contributed by atoms with van der Waals surface area (Å²) in [7, 11) is 4.82. The summed E-state index contributed by atoms with van der Waals surface area (Å²) < 4.78 is 16.8. The van der Waals surface area contributed by atoms with E-state index >= 15 is 0 Å². The lowest BCUT2D eigenvalue weighted by Crippen LogP contribution is -1.95. The maximum atomic E-state index is 5.38. The number of thiazole rings is 1. The molecule has 18 heavy (non-hydrogen) atoms. The molecule has 2 rings (SSSR count). The summed E-state index contributed by atoms with van der Waals surface area (Å²) in [5, 5.41) is 1.94. The van der Waals surface area contributed by atoms with Crippen molar-refractivity contribution >= 4 is 27.3 Å². The monoisotopic (exact) mass is 329 g/mol. The van der Waals surface area contributed by atoms with Crippen LogP contribution in [0.3, 0.4) is 0 Å². The number of halogens is 1. The number of benzene rings is 1. The second kappa shape index (κ2) is 5.58. The maximum Gasteiger partial charge on any atom is 0.159 e. The van der Waals surface area contributed by atoms with Crippen LogP contribution >= 0.6 is 27.3 Å². The van der Waals surface area contributed by atoms with Crippen LogP contribution in [0.4, 0.5) is 0 Å². The Morgan fingerprint density at radius 2 is 1.67 bits per heavy atom. The van der Waals surface area contributed by atoms with Gasteiger partial charge in [-0.05, 0) is 15.9 Å². The van der Waals surface area contributed by atoms with Crippen molar-refractivity contribution in [1.29, 1.82) is 0 Å². The van der Waals surface area contributed by atoms with Crippen LogP contribution in [-0.2, 0) is 0 Å². The molecule has 1 aromatic carbocycles. The van der Waals surface area contributed by atoms with E-state index in [0.717, 1.165) is 15.2 Å². The van der Waals surface area contributed by atoms with Crippen molar-refractivity contribution in [3.8, 4) is 28.5 Å². The number of hydrogen-bond donors (Lipinski definition) is 0. The average molecular weight is 330 g/mol. The number of aromatic nitrogens is 1. The fraction of sp³-hybridized carbons (Fsp3) is 0.250. The molecule has 0 aliphatic heterocycles. The quantitative estimate of drug-likeness (QED) is 0.859. The van der Waals surface area contributed by atoms with E-state index in [1.54, 1.807) is 21.3 Å². The van der Waals surface area contributed by atoms with Gasteiger partial charge >= 0.3 is 0 Å². The molecule has 0 bridgehead atoms. The highest BCUT2D eigenvalue weighted by atomic mass is 79.9. The summed E-state index contributed by atoms with van der Waals surface area (Å²) in [6.07, 6.45) is 0. The Labute approximate surface area is 118 Å². The highest BCUT2D eigenvalue weighted by Gasteiger charge is 2.17. The molecule has 96 valence electrons. The van der Waals surface area contributed by atoms with Crippen molar-refractivity contribution in [2.45, 2.75) is 0 Å². The van der Waals surface area contributed by atoms with Crippen molar-refractivity contribution in [3.05, 3.63) is 21.4 Å². The van der Waals surface area contributed by atoms with E-state index in [1.165, 1.54) is 11.3 Å². The molecule has 0 amide bonds. The largest absolute Gasteiger partial charge is 0.496 e. The molecular formula is C12H12BrNO3S. The highest BCUT2D eigenvalue weighted by Crippen LogP contribution is 2.42. The van der Waals surface area contributed by atoms with Crippen LogP contribution in [0.2, 0.25) is 0 Å². The second-order valence-electron chi connectivity index (χ2n) is 3.39. The van der Waals surface area contributed by atoms with Crippen LogP contribution in [0, 0.1) is 0 Å². The van der Waals surface area contributed by atoms with Gasteiger partial charge in [-0.25, -0.2) is 4.98 Å². The molecule has 0 aliphatic rings. The molecule has 1 heterocycles. The molecule has 2 aromatic rings. The molecule has 0 unspecified atom stereocenters. The van der Waals surface area contributed by atoms with Gasteiger partial charge in [0.15, 0.2) is 3.92 Å². The minimum atomic E-state index is 0.670. The van der Waals surface area contributed by atoms with Crippen molar-refractivity contribution in [3.63, 3.8) is 0 Å². The Hall–Kier alpha value is -1.27. The third-order valence-corrected chi connectivity index (χ3v) is 3.81. The molecular weight excluding hydrogens is 318 g/mol. The molecule has 0 fully saturated rings. The predicted octanol–water partition coefficient (Wildman–Crippen LogP) is 3.60. The minimum absolute atomic E-state index is 0.670. The lowest BCUT2D eigenvalue weighted by molar-refractivity contribution is 0.377. The minimum Gasteiger partial charge on any atom is -0.496 e. The molecule has 0 saturated carbocycles. The fourth-order valence-corrected chi connectivity index (χ4v) is 2.63. The lowest BCUT2D eigenvalue weighted by atomic mass is 10.1. The number of methoxy groups -OCH3 is 3. The molecule has 0 N–H and O–H groups in total. The number of ether oxygens (including phenoxy) is 3. The Bertz CT molecular complexity index is 531. The van der Waals surface area contributed by atoms with Crippen molar-refractivity contribution in [1.82, 2.24) is 4.98 Å². The second-order valence-corrected chi connectivity index (χ2v) is 5.53. The summed E-state index contributed by atoms with van der Waals surface area (Å²) in [6.45, 7) is 0. The Morgan fingerprint density at radius 1 is 1.06 bits per heavy atom. The van der Waals surface area contributed by atoms with E-state index in [0.29, 0.717) is 17.2 Å². The Balaban J connectivity index is 2.63. The standard InChI is InChI=1S/C12H12BrNO3S/c1-15-7-4-9(16-2)11(10(5-7)17-3)8-6-18-12(13)14-8/h4-6H,1-3H3. The molecule has 0 aliphatic carbocycles. The molecule has 4 nitrogen and oxygen atoms in total. The van der Waals surface area contributed by atoms with Gasteiger partial charge in [-0.2, -0.15) is 0 Å². The van der Waals surface area contributed by atoms with Gasteiger partial charge in [0, 0.05) is 17.5 Å². The molecule has 1 aromatic heterocycles. The van der Waals surface area contributed by atoms with Crippen molar-refractivity contribution in [2.75, 3.05) is 21.3 Å². The zero-order valence-electron chi connectivity index (χ0n) is 10.2. The predicted molar refractivity (Wildman–Crippen MR) is 74.9 cm³/mol. The van der Waals surface area contributed by atoms with Gasteiger partial charge in [-0.15, -0.1) is 11.3 Å². The van der Waals surface area contributed by atoms with Gasteiger partial charge in [-0.1, -0.05) is 0 Å². The van der Waals surface area contributed by atoms with E-state index < -0.39 is 0 Å². The van der Waals surface area contributed by atoms with Gasteiger partial charge in [0.2, 0.25) is 0 Å². The van der Waals surface area contributed by atoms with E-state index in [-0.39, 0.29) is 0 Å². The third-order valence-electron chi connectivity index (χ3n) is 2.45. The first kappa shape index (κ1) is 13.2. The van der Waals surface area contributed by atoms with Crippen LogP contribution in [0.15, 0.2) is 21.4 Å². The normalized spacial score (nSPS) is 10.2. The van der Waals surface area contributed by atoms with Crippen molar-refractivity contribution in [2.24, 2.45) is 0 Å². The summed E-state index contributed by atoms with van der Waals surface area (Å²) in [4.78, 5) is 4.39. The molecule has 0 spiro atoms. The maximum absolute atomic E-state index is 5.38. The third kappa shape index (κ3) is 2.44. The molecule has 0 radical (unpaired) electrons. The number of rotatable bonds is 4. The van der Waals surface area contributed by atoms with Crippen LogP contribution in [0.1, 0.15) is 0 Å². The average Bonchev–Trinajstić information content (AvgIpc) is 2.83. The summed E-state index contributed by atoms with van der Waals surface area (Å²) >= 11 is 4.86. The molecule has 0 saturated heterocycles. The first-order chi connectivity index (χ1) is 8.69. The Kier molecular flexibility index (Phi) is 4.08. The summed E-state index contributed by atoms with van der Waals surface area (Å²) in [5.41, 5.74) is 1.63. The topological polar surface area (TPSA) is 40.6 Å². The first-order valence-electron chi connectivity index (χ1n) is 5.11. The summed E-state index contributed by atoms with van der Waals surface area (Å²) in [5.74, 6) is 2.02. The SMILES string of the molecule is COc1cc(OC)c(-c2csc(Br)n2)c(OC)c1. The van der Waals surface area contributed by atoms with Gasteiger partial charge in [0.1, 0.15) is 17.2 Å². The zero-order valence-corrected chi connectivity index (χ0v) is 12.6. The van der Waals surface area contributed by atoms with Gasteiger partial charge in [-0.3, -0.25) is 0 Å².